The van der Waals surface area contributed by atoms with Crippen LogP contribution < -0.4 is 10.6 Å². The lowest BCUT2D eigenvalue weighted by Gasteiger charge is -2.07. The minimum Gasteiger partial charge on any atom is -0.385 e. The van der Waals surface area contributed by atoms with E-state index in [0.29, 0.717) is 18.5 Å². The van der Waals surface area contributed by atoms with Crippen molar-refractivity contribution in [2.75, 3.05) is 18.9 Å². The molecule has 1 rings (SSSR count). The number of halogens is 1. The predicted octanol–water partition coefficient (Wildman–Crippen LogP) is 2.07. The van der Waals surface area contributed by atoms with E-state index in [0.717, 1.165) is 12.1 Å². The number of hydrogen-bond acceptors (Lipinski definition) is 2. The number of anilines is 1. The van der Waals surface area contributed by atoms with Crippen molar-refractivity contribution in [3.63, 3.8) is 0 Å². The maximum Gasteiger partial charge on any atom is 0.219 e. The minimum atomic E-state index is -0.198. The van der Waals surface area contributed by atoms with Gasteiger partial charge >= 0.3 is 0 Å². The summed E-state index contributed by atoms with van der Waals surface area (Å²) in [6.07, 6.45) is 1.26. The van der Waals surface area contributed by atoms with Crippen LogP contribution in [0.4, 0.5) is 10.1 Å². The van der Waals surface area contributed by atoms with Crippen LogP contribution in [0.1, 0.15) is 18.4 Å². The summed E-state index contributed by atoms with van der Waals surface area (Å²) in [5.41, 5.74) is 1.51. The van der Waals surface area contributed by atoms with Crippen molar-refractivity contribution in [2.24, 2.45) is 0 Å². The molecule has 0 saturated carbocycles. The minimum absolute atomic E-state index is 0.0390. The van der Waals surface area contributed by atoms with E-state index in [2.05, 4.69) is 10.6 Å². The summed E-state index contributed by atoms with van der Waals surface area (Å²) < 4.78 is 13.0. The molecule has 0 heterocycles. The molecule has 0 bridgehead atoms. The van der Waals surface area contributed by atoms with Crippen molar-refractivity contribution >= 4 is 11.6 Å². The highest BCUT2D eigenvalue weighted by atomic mass is 19.1. The molecule has 0 saturated heterocycles. The molecule has 1 aromatic carbocycles. The molecule has 4 heteroatoms. The maximum absolute atomic E-state index is 13.0. The number of amides is 1. The van der Waals surface area contributed by atoms with Gasteiger partial charge in [0.1, 0.15) is 5.82 Å². The molecule has 0 aliphatic carbocycles. The molecule has 0 unspecified atom stereocenters. The molecule has 0 aliphatic heterocycles. The lowest BCUT2D eigenvalue weighted by Crippen LogP contribution is -2.18. The molecule has 0 spiro atoms. The van der Waals surface area contributed by atoms with Crippen LogP contribution in [-0.2, 0) is 4.79 Å². The molecular formula is C12H17FN2O. The highest BCUT2D eigenvalue weighted by Crippen LogP contribution is 2.13. The summed E-state index contributed by atoms with van der Waals surface area (Å²) >= 11 is 0. The fourth-order valence-corrected chi connectivity index (χ4v) is 1.36. The number of rotatable bonds is 5. The molecule has 0 fully saturated rings. The van der Waals surface area contributed by atoms with Gasteiger partial charge in [-0.3, -0.25) is 4.79 Å². The molecule has 2 N–H and O–H groups in total. The molecule has 16 heavy (non-hydrogen) atoms. The van der Waals surface area contributed by atoms with Gasteiger partial charge in [-0.2, -0.15) is 0 Å². The van der Waals surface area contributed by atoms with E-state index in [4.69, 9.17) is 0 Å². The second kappa shape index (κ2) is 6.10. The molecule has 1 aromatic rings. The third-order valence-corrected chi connectivity index (χ3v) is 2.35. The van der Waals surface area contributed by atoms with E-state index < -0.39 is 0 Å². The Bertz CT molecular complexity index is 366. The number of carbonyl (C=O) groups excluding carboxylic acids is 1. The third-order valence-electron chi connectivity index (χ3n) is 2.35. The van der Waals surface area contributed by atoms with Gasteiger partial charge in [0.15, 0.2) is 0 Å². The van der Waals surface area contributed by atoms with E-state index in [1.165, 1.54) is 6.07 Å². The monoisotopic (exact) mass is 224 g/mol. The lowest BCUT2D eigenvalue weighted by atomic mass is 10.2. The van der Waals surface area contributed by atoms with Gasteiger partial charge in [-0.1, -0.05) is 0 Å². The Morgan fingerprint density at radius 3 is 2.81 bits per heavy atom. The van der Waals surface area contributed by atoms with Crippen LogP contribution in [0.2, 0.25) is 0 Å². The Morgan fingerprint density at radius 1 is 1.44 bits per heavy atom. The van der Waals surface area contributed by atoms with Crippen molar-refractivity contribution in [2.45, 2.75) is 19.8 Å². The second-order valence-corrected chi connectivity index (χ2v) is 3.67. The first-order valence-corrected chi connectivity index (χ1v) is 5.34. The number of aryl methyl sites for hydroxylation is 1. The summed E-state index contributed by atoms with van der Waals surface area (Å²) in [4.78, 5) is 10.9. The zero-order valence-electron chi connectivity index (χ0n) is 9.64. The first-order chi connectivity index (χ1) is 7.63. The molecule has 3 nitrogen and oxygen atoms in total. The second-order valence-electron chi connectivity index (χ2n) is 3.67. The zero-order chi connectivity index (χ0) is 12.0. The molecule has 0 radical (unpaired) electrons. The van der Waals surface area contributed by atoms with Crippen LogP contribution in [0.25, 0.3) is 0 Å². The number of benzene rings is 1. The van der Waals surface area contributed by atoms with Crippen LogP contribution in [0, 0.1) is 12.7 Å². The fraction of sp³-hybridized carbons (Fsp3) is 0.417. The summed E-state index contributed by atoms with van der Waals surface area (Å²) in [7, 11) is 1.62. The Balaban J connectivity index is 2.32. The topological polar surface area (TPSA) is 41.1 Å². The summed E-state index contributed by atoms with van der Waals surface area (Å²) in [6.45, 7) is 2.43. The van der Waals surface area contributed by atoms with Crippen molar-refractivity contribution in [3.05, 3.63) is 29.6 Å². The van der Waals surface area contributed by atoms with Crippen molar-refractivity contribution in [1.29, 1.82) is 0 Å². The highest BCUT2D eigenvalue weighted by Gasteiger charge is 1.99. The van der Waals surface area contributed by atoms with Gasteiger partial charge in [-0.25, -0.2) is 4.39 Å². The third kappa shape index (κ3) is 3.88. The van der Waals surface area contributed by atoms with Crippen molar-refractivity contribution < 1.29 is 9.18 Å². The standard InChI is InChI=1S/C12H17FN2O/c1-9-8-10(5-6-11(9)13)15-7-3-4-12(16)14-2/h5-6,8,15H,3-4,7H2,1-2H3,(H,14,16). The average molecular weight is 224 g/mol. The van der Waals surface area contributed by atoms with E-state index in [1.54, 1.807) is 26.1 Å². The van der Waals surface area contributed by atoms with Crippen LogP contribution in [0.5, 0.6) is 0 Å². The average Bonchev–Trinajstić information content (AvgIpc) is 2.28. The molecule has 0 atom stereocenters. The van der Waals surface area contributed by atoms with Crippen LogP contribution in [0.3, 0.4) is 0 Å². The van der Waals surface area contributed by atoms with Crippen LogP contribution in [0.15, 0.2) is 18.2 Å². The maximum atomic E-state index is 13.0. The number of nitrogens with one attached hydrogen (secondary N) is 2. The lowest BCUT2D eigenvalue weighted by molar-refractivity contribution is -0.120. The Labute approximate surface area is 95.0 Å². The molecule has 1 amide bonds. The van der Waals surface area contributed by atoms with Gasteiger partial charge in [0.2, 0.25) is 5.91 Å². The quantitative estimate of drug-likeness (QED) is 0.752. The van der Waals surface area contributed by atoms with Gasteiger partial charge in [0.25, 0.3) is 0 Å². The van der Waals surface area contributed by atoms with E-state index >= 15 is 0 Å². The van der Waals surface area contributed by atoms with Crippen LogP contribution in [-0.4, -0.2) is 19.5 Å². The Morgan fingerprint density at radius 2 is 2.19 bits per heavy atom. The molecular weight excluding hydrogens is 207 g/mol. The van der Waals surface area contributed by atoms with E-state index in [1.807, 2.05) is 0 Å². The summed E-state index contributed by atoms with van der Waals surface area (Å²) in [6, 6.07) is 4.90. The van der Waals surface area contributed by atoms with Crippen LogP contribution >= 0.6 is 0 Å². The first-order valence-electron chi connectivity index (χ1n) is 5.34. The summed E-state index contributed by atoms with van der Waals surface area (Å²) in [5, 5.41) is 5.71. The first kappa shape index (κ1) is 12.5. The Kier molecular flexibility index (Phi) is 4.76. The molecule has 0 aliphatic rings. The van der Waals surface area contributed by atoms with Crippen molar-refractivity contribution in [3.8, 4) is 0 Å². The van der Waals surface area contributed by atoms with Gasteiger partial charge in [-0.05, 0) is 37.1 Å². The van der Waals surface area contributed by atoms with Gasteiger partial charge in [0.05, 0.1) is 0 Å². The van der Waals surface area contributed by atoms with Gasteiger partial charge in [0, 0.05) is 25.7 Å². The van der Waals surface area contributed by atoms with Crippen molar-refractivity contribution in [1.82, 2.24) is 5.32 Å². The number of carbonyl (C=O) groups is 1. The normalized spacial score (nSPS) is 9.94. The molecule has 88 valence electrons. The van der Waals surface area contributed by atoms with E-state index in [9.17, 15) is 9.18 Å². The largest absolute Gasteiger partial charge is 0.385 e. The van der Waals surface area contributed by atoms with E-state index in [-0.39, 0.29) is 11.7 Å². The summed E-state index contributed by atoms with van der Waals surface area (Å²) in [5.74, 6) is -0.159. The van der Waals surface area contributed by atoms with Gasteiger partial charge in [-0.15, -0.1) is 0 Å². The van der Waals surface area contributed by atoms with Gasteiger partial charge < -0.3 is 10.6 Å². The number of hydrogen-bond donors (Lipinski definition) is 2. The highest BCUT2D eigenvalue weighted by molar-refractivity contribution is 5.75. The fourth-order valence-electron chi connectivity index (χ4n) is 1.36. The zero-order valence-corrected chi connectivity index (χ0v) is 9.64. The smallest absolute Gasteiger partial charge is 0.219 e. The predicted molar refractivity (Wildman–Crippen MR) is 62.9 cm³/mol. The Hall–Kier alpha value is -1.58. The SMILES string of the molecule is CNC(=O)CCCNc1ccc(F)c(C)c1. The molecule has 0 aromatic heterocycles.